The molecule has 0 bridgehead atoms. The average Bonchev–Trinajstić information content (AvgIpc) is 2.20. The van der Waals surface area contributed by atoms with Crippen molar-refractivity contribution in [3.8, 4) is 0 Å². The number of aromatic amines is 1. The Labute approximate surface area is 94.3 Å². The number of hydrogen-bond acceptors (Lipinski definition) is 2. The number of para-hydroxylation sites is 1. The maximum Gasteiger partial charge on any atom is 0.259 e. The fourth-order valence-electron chi connectivity index (χ4n) is 1.60. The van der Waals surface area contributed by atoms with Crippen molar-refractivity contribution >= 4 is 33.1 Å². The zero-order valence-corrected chi connectivity index (χ0v) is 9.59. The summed E-state index contributed by atoms with van der Waals surface area (Å²) in [7, 11) is 0. The van der Waals surface area contributed by atoms with Crippen LogP contribution >= 0.6 is 15.9 Å². The maximum absolute atomic E-state index is 11.5. The molecule has 0 amide bonds. The van der Waals surface area contributed by atoms with Gasteiger partial charge in [0.25, 0.3) is 5.56 Å². The molecular weight excluding hydrogens is 258 g/mol. The summed E-state index contributed by atoms with van der Waals surface area (Å²) in [4.78, 5) is 25.0. The van der Waals surface area contributed by atoms with Gasteiger partial charge < -0.3 is 4.98 Å². The van der Waals surface area contributed by atoms with E-state index < -0.39 is 0 Å². The standard InChI is InChI=1S/C11H8BrNO2/c1-6-7-3-2-4-9(12)10(7)13-11(15)8(6)5-14/h2-5H,1H3,(H,13,15). The summed E-state index contributed by atoms with van der Waals surface area (Å²) in [6, 6.07) is 5.59. The number of pyridine rings is 1. The highest BCUT2D eigenvalue weighted by Crippen LogP contribution is 2.23. The van der Waals surface area contributed by atoms with E-state index in [-0.39, 0.29) is 11.1 Å². The van der Waals surface area contributed by atoms with Crippen LogP contribution in [-0.2, 0) is 0 Å². The molecule has 0 radical (unpaired) electrons. The van der Waals surface area contributed by atoms with Gasteiger partial charge in [0, 0.05) is 9.86 Å². The van der Waals surface area contributed by atoms with Gasteiger partial charge in [0.2, 0.25) is 0 Å². The van der Waals surface area contributed by atoms with E-state index in [1.807, 2.05) is 18.2 Å². The van der Waals surface area contributed by atoms with Crippen LogP contribution in [0.2, 0.25) is 0 Å². The predicted molar refractivity (Wildman–Crippen MR) is 62.4 cm³/mol. The van der Waals surface area contributed by atoms with Gasteiger partial charge >= 0.3 is 0 Å². The van der Waals surface area contributed by atoms with Crippen molar-refractivity contribution in [3.05, 3.63) is 44.2 Å². The monoisotopic (exact) mass is 265 g/mol. The maximum atomic E-state index is 11.5. The van der Waals surface area contributed by atoms with E-state index in [1.165, 1.54) is 0 Å². The van der Waals surface area contributed by atoms with Crippen LogP contribution in [0, 0.1) is 6.92 Å². The summed E-state index contributed by atoms with van der Waals surface area (Å²) in [5.74, 6) is 0. The van der Waals surface area contributed by atoms with Crippen LogP contribution in [-0.4, -0.2) is 11.3 Å². The molecule has 1 heterocycles. The molecule has 4 heteroatoms. The van der Waals surface area contributed by atoms with Crippen LogP contribution < -0.4 is 5.56 Å². The predicted octanol–water partition coefficient (Wildman–Crippen LogP) is 2.41. The lowest BCUT2D eigenvalue weighted by atomic mass is 10.1. The molecular formula is C11H8BrNO2. The minimum Gasteiger partial charge on any atom is -0.320 e. The Hall–Kier alpha value is -1.42. The third kappa shape index (κ3) is 1.51. The van der Waals surface area contributed by atoms with Crippen LogP contribution in [0.3, 0.4) is 0 Å². The zero-order valence-electron chi connectivity index (χ0n) is 8.00. The second-order valence-corrected chi connectivity index (χ2v) is 4.13. The molecule has 0 saturated carbocycles. The quantitative estimate of drug-likeness (QED) is 0.806. The van der Waals surface area contributed by atoms with Crippen molar-refractivity contribution in [2.45, 2.75) is 6.92 Å². The van der Waals surface area contributed by atoms with Gasteiger partial charge in [-0.15, -0.1) is 0 Å². The van der Waals surface area contributed by atoms with Crippen molar-refractivity contribution in [1.82, 2.24) is 4.98 Å². The number of benzene rings is 1. The Bertz CT molecular complexity index is 601. The molecule has 1 N–H and O–H groups in total. The second kappa shape index (κ2) is 3.62. The van der Waals surface area contributed by atoms with E-state index in [4.69, 9.17) is 0 Å². The van der Waals surface area contributed by atoms with Crippen LogP contribution in [0.4, 0.5) is 0 Å². The van der Waals surface area contributed by atoms with Gasteiger partial charge in [-0.1, -0.05) is 12.1 Å². The van der Waals surface area contributed by atoms with Crippen molar-refractivity contribution in [2.75, 3.05) is 0 Å². The van der Waals surface area contributed by atoms with E-state index in [1.54, 1.807) is 6.92 Å². The Morgan fingerprint density at radius 3 is 2.80 bits per heavy atom. The minimum atomic E-state index is -0.345. The number of H-pyrrole nitrogens is 1. The number of nitrogens with one attached hydrogen (secondary N) is 1. The van der Waals surface area contributed by atoms with Gasteiger partial charge in [-0.3, -0.25) is 9.59 Å². The molecule has 0 aliphatic rings. The molecule has 0 unspecified atom stereocenters. The second-order valence-electron chi connectivity index (χ2n) is 3.27. The number of aldehydes is 1. The minimum absolute atomic E-state index is 0.195. The number of aromatic nitrogens is 1. The number of hydrogen-bond donors (Lipinski definition) is 1. The van der Waals surface area contributed by atoms with E-state index in [9.17, 15) is 9.59 Å². The lowest BCUT2D eigenvalue weighted by Crippen LogP contribution is -2.14. The molecule has 0 spiro atoms. The average molecular weight is 266 g/mol. The molecule has 1 aromatic heterocycles. The highest BCUT2D eigenvalue weighted by Gasteiger charge is 2.09. The molecule has 0 aliphatic carbocycles. The van der Waals surface area contributed by atoms with Gasteiger partial charge in [-0.25, -0.2) is 0 Å². The fourth-order valence-corrected chi connectivity index (χ4v) is 2.07. The summed E-state index contributed by atoms with van der Waals surface area (Å²) in [5, 5.41) is 0.881. The number of halogens is 1. The van der Waals surface area contributed by atoms with Gasteiger partial charge in [0.1, 0.15) is 0 Å². The molecule has 0 fully saturated rings. The van der Waals surface area contributed by atoms with Crippen LogP contribution in [0.1, 0.15) is 15.9 Å². The first-order chi connectivity index (χ1) is 7.15. The number of carbonyl (C=O) groups excluding carboxylic acids is 1. The van der Waals surface area contributed by atoms with Crippen molar-refractivity contribution in [1.29, 1.82) is 0 Å². The van der Waals surface area contributed by atoms with Crippen molar-refractivity contribution in [3.63, 3.8) is 0 Å². The Morgan fingerprint density at radius 1 is 1.40 bits per heavy atom. The number of fused-ring (bicyclic) bond motifs is 1. The van der Waals surface area contributed by atoms with Gasteiger partial charge in [0.05, 0.1) is 11.1 Å². The van der Waals surface area contributed by atoms with Crippen LogP contribution in [0.5, 0.6) is 0 Å². The summed E-state index contributed by atoms with van der Waals surface area (Å²) in [5.41, 5.74) is 1.29. The summed E-state index contributed by atoms with van der Waals surface area (Å²) >= 11 is 3.35. The summed E-state index contributed by atoms with van der Waals surface area (Å²) in [6.07, 6.45) is 0.592. The van der Waals surface area contributed by atoms with Gasteiger partial charge in [-0.2, -0.15) is 0 Å². The first-order valence-corrected chi connectivity index (χ1v) is 5.20. The van der Waals surface area contributed by atoms with Gasteiger partial charge in [0.15, 0.2) is 6.29 Å². The van der Waals surface area contributed by atoms with Crippen LogP contribution in [0.25, 0.3) is 10.9 Å². The molecule has 0 atom stereocenters. The van der Waals surface area contributed by atoms with E-state index in [0.717, 1.165) is 15.4 Å². The first-order valence-electron chi connectivity index (χ1n) is 4.41. The third-order valence-corrected chi connectivity index (χ3v) is 3.08. The number of rotatable bonds is 1. The fraction of sp³-hybridized carbons (Fsp3) is 0.0909. The normalized spacial score (nSPS) is 10.5. The van der Waals surface area contributed by atoms with Crippen molar-refractivity contribution in [2.24, 2.45) is 0 Å². The smallest absolute Gasteiger partial charge is 0.259 e. The number of carbonyl (C=O) groups is 1. The Kier molecular flexibility index (Phi) is 2.44. The van der Waals surface area contributed by atoms with Crippen LogP contribution in [0.15, 0.2) is 27.5 Å². The van der Waals surface area contributed by atoms with E-state index >= 15 is 0 Å². The molecule has 3 nitrogen and oxygen atoms in total. The Morgan fingerprint density at radius 2 is 2.13 bits per heavy atom. The Balaban J connectivity index is 3.04. The highest BCUT2D eigenvalue weighted by atomic mass is 79.9. The SMILES string of the molecule is Cc1c(C=O)c(=O)[nH]c2c(Br)cccc12. The molecule has 0 saturated heterocycles. The third-order valence-electron chi connectivity index (χ3n) is 2.42. The molecule has 0 aliphatic heterocycles. The highest BCUT2D eigenvalue weighted by molar-refractivity contribution is 9.10. The molecule has 15 heavy (non-hydrogen) atoms. The largest absolute Gasteiger partial charge is 0.320 e. The number of aryl methyl sites for hydroxylation is 1. The molecule has 2 rings (SSSR count). The summed E-state index contributed by atoms with van der Waals surface area (Å²) in [6.45, 7) is 1.77. The van der Waals surface area contributed by atoms with E-state index in [0.29, 0.717) is 11.8 Å². The first kappa shape index (κ1) is 10.1. The molecule has 2 aromatic rings. The van der Waals surface area contributed by atoms with Crippen molar-refractivity contribution < 1.29 is 4.79 Å². The molecule has 1 aromatic carbocycles. The summed E-state index contributed by atoms with van der Waals surface area (Å²) < 4.78 is 0.817. The lowest BCUT2D eigenvalue weighted by Gasteiger charge is -2.05. The topological polar surface area (TPSA) is 49.9 Å². The molecule has 76 valence electrons. The lowest BCUT2D eigenvalue weighted by molar-refractivity contribution is 0.112. The van der Waals surface area contributed by atoms with Gasteiger partial charge in [-0.05, 0) is 34.5 Å². The van der Waals surface area contributed by atoms with E-state index in [2.05, 4.69) is 20.9 Å². The zero-order chi connectivity index (χ0) is 11.0.